The molecule has 1 saturated heterocycles. The number of carbonyl (C=O) groups is 2. The van der Waals surface area contributed by atoms with Crippen molar-refractivity contribution in [1.29, 1.82) is 0 Å². The Bertz CT molecular complexity index is 301. The first-order valence-electron chi connectivity index (χ1n) is 4.08. The number of allylic oxidation sites excluding steroid dienone is 2. The average molecular weight is 179 g/mol. The van der Waals surface area contributed by atoms with Crippen molar-refractivity contribution in [1.82, 2.24) is 5.32 Å². The molecule has 0 aromatic heterocycles. The van der Waals surface area contributed by atoms with E-state index in [2.05, 4.69) is 5.32 Å². The van der Waals surface area contributed by atoms with Crippen molar-refractivity contribution in [3.63, 3.8) is 0 Å². The van der Waals surface area contributed by atoms with Crippen molar-refractivity contribution < 1.29 is 14.3 Å². The van der Waals surface area contributed by atoms with E-state index in [1.165, 1.54) is 12.2 Å². The van der Waals surface area contributed by atoms with Crippen molar-refractivity contribution in [3.05, 3.63) is 24.3 Å². The van der Waals surface area contributed by atoms with Crippen LogP contribution in [0.5, 0.6) is 0 Å². The van der Waals surface area contributed by atoms with Gasteiger partial charge >= 0.3 is 0 Å². The number of amides is 1. The quantitative estimate of drug-likeness (QED) is 0.565. The fraction of sp³-hybridized carbons (Fsp3) is 0.333. The van der Waals surface area contributed by atoms with Crippen LogP contribution in [-0.2, 0) is 14.3 Å². The van der Waals surface area contributed by atoms with Crippen LogP contribution in [0.1, 0.15) is 6.42 Å². The van der Waals surface area contributed by atoms with E-state index in [0.717, 1.165) is 0 Å². The van der Waals surface area contributed by atoms with Crippen LogP contribution in [0.15, 0.2) is 24.3 Å². The topological polar surface area (TPSA) is 55.4 Å². The van der Waals surface area contributed by atoms with E-state index in [4.69, 9.17) is 4.74 Å². The monoisotopic (exact) mass is 179 g/mol. The third-order valence-electron chi connectivity index (χ3n) is 2.00. The van der Waals surface area contributed by atoms with Crippen LogP contribution in [0, 0.1) is 0 Å². The number of carbonyl (C=O) groups excluding carboxylic acids is 2. The summed E-state index contributed by atoms with van der Waals surface area (Å²) in [6, 6.07) is 0. The van der Waals surface area contributed by atoms with Gasteiger partial charge in [0.2, 0.25) is 5.91 Å². The van der Waals surface area contributed by atoms with Crippen LogP contribution in [0.3, 0.4) is 0 Å². The molecule has 1 heterocycles. The summed E-state index contributed by atoms with van der Waals surface area (Å²) in [6.45, 7) is 0.384. The smallest absolute Gasteiger partial charge is 0.225 e. The molecule has 0 aromatic carbocycles. The van der Waals surface area contributed by atoms with Gasteiger partial charge in [0, 0.05) is 0 Å². The van der Waals surface area contributed by atoms with E-state index in [9.17, 15) is 9.59 Å². The molecule has 0 bridgehead atoms. The molecule has 0 atom stereocenters. The van der Waals surface area contributed by atoms with Gasteiger partial charge in [0.15, 0.2) is 11.5 Å². The maximum Gasteiger partial charge on any atom is 0.225 e. The number of rotatable bonds is 0. The van der Waals surface area contributed by atoms with Gasteiger partial charge < -0.3 is 10.1 Å². The number of ketones is 1. The second-order valence-electron chi connectivity index (χ2n) is 3.01. The van der Waals surface area contributed by atoms with E-state index in [1.54, 1.807) is 12.2 Å². The zero-order valence-electron chi connectivity index (χ0n) is 6.95. The summed E-state index contributed by atoms with van der Waals surface area (Å²) in [5.74, 6) is -0.149. The summed E-state index contributed by atoms with van der Waals surface area (Å²) in [5, 5.41) is 2.67. The van der Waals surface area contributed by atoms with Gasteiger partial charge in [-0.3, -0.25) is 9.59 Å². The van der Waals surface area contributed by atoms with Crippen molar-refractivity contribution in [2.24, 2.45) is 0 Å². The van der Waals surface area contributed by atoms with Crippen LogP contribution in [0.25, 0.3) is 0 Å². The highest BCUT2D eigenvalue weighted by Crippen LogP contribution is 2.19. The van der Waals surface area contributed by atoms with Crippen LogP contribution in [0.4, 0.5) is 0 Å². The SMILES string of the molecule is O=C1C=CC2(C=C1)NC(=O)CCO2. The summed E-state index contributed by atoms with van der Waals surface area (Å²) in [4.78, 5) is 21.9. The highest BCUT2D eigenvalue weighted by molar-refractivity contribution is 6.00. The molecule has 2 aliphatic rings. The van der Waals surface area contributed by atoms with Gasteiger partial charge in [-0.1, -0.05) is 0 Å². The molecule has 0 aromatic rings. The summed E-state index contributed by atoms with van der Waals surface area (Å²) < 4.78 is 5.37. The van der Waals surface area contributed by atoms with Gasteiger partial charge in [-0.05, 0) is 24.3 Å². The Hall–Kier alpha value is -1.42. The van der Waals surface area contributed by atoms with Gasteiger partial charge in [-0.15, -0.1) is 0 Å². The van der Waals surface area contributed by atoms with Crippen molar-refractivity contribution >= 4 is 11.7 Å². The minimum atomic E-state index is -0.872. The fourth-order valence-corrected chi connectivity index (χ4v) is 1.33. The van der Waals surface area contributed by atoms with Gasteiger partial charge in [-0.25, -0.2) is 0 Å². The Morgan fingerprint density at radius 2 is 2.00 bits per heavy atom. The first-order chi connectivity index (χ1) is 6.20. The van der Waals surface area contributed by atoms with Crippen molar-refractivity contribution in [3.8, 4) is 0 Å². The Morgan fingerprint density at radius 3 is 2.62 bits per heavy atom. The molecule has 13 heavy (non-hydrogen) atoms. The molecule has 4 nitrogen and oxygen atoms in total. The fourth-order valence-electron chi connectivity index (χ4n) is 1.33. The Kier molecular flexibility index (Phi) is 1.77. The summed E-state index contributed by atoms with van der Waals surface area (Å²) in [6.07, 6.45) is 6.29. The van der Waals surface area contributed by atoms with Crippen LogP contribution in [-0.4, -0.2) is 24.0 Å². The molecule has 1 aliphatic carbocycles. The minimum absolute atomic E-state index is 0.0603. The lowest BCUT2D eigenvalue weighted by Crippen LogP contribution is -2.52. The highest BCUT2D eigenvalue weighted by atomic mass is 16.5. The molecule has 68 valence electrons. The second-order valence-corrected chi connectivity index (χ2v) is 3.01. The normalized spacial score (nSPS) is 24.9. The van der Waals surface area contributed by atoms with Gasteiger partial charge in [0.25, 0.3) is 0 Å². The summed E-state index contributed by atoms with van der Waals surface area (Å²) in [7, 11) is 0. The van der Waals surface area contributed by atoms with Gasteiger partial charge in [0.05, 0.1) is 13.0 Å². The Balaban J connectivity index is 2.21. The number of hydrogen-bond donors (Lipinski definition) is 1. The average Bonchev–Trinajstić information content (AvgIpc) is 2.11. The lowest BCUT2D eigenvalue weighted by Gasteiger charge is -2.33. The highest BCUT2D eigenvalue weighted by Gasteiger charge is 2.32. The standard InChI is InChI=1S/C9H9NO3/c11-7-1-4-9(5-2-7)10-8(12)3-6-13-9/h1-2,4-5H,3,6H2,(H,10,12). The molecule has 1 fully saturated rings. The largest absolute Gasteiger partial charge is 0.348 e. The number of hydrogen-bond acceptors (Lipinski definition) is 3. The molecule has 1 spiro atoms. The molecule has 0 unspecified atom stereocenters. The van der Waals surface area contributed by atoms with Crippen molar-refractivity contribution in [2.45, 2.75) is 12.1 Å². The van der Waals surface area contributed by atoms with Gasteiger partial charge in [-0.2, -0.15) is 0 Å². The van der Waals surface area contributed by atoms with Crippen LogP contribution >= 0.6 is 0 Å². The van der Waals surface area contributed by atoms with Crippen LogP contribution < -0.4 is 5.32 Å². The molecule has 0 radical (unpaired) electrons. The zero-order chi connectivity index (χ0) is 9.31. The minimum Gasteiger partial charge on any atom is -0.348 e. The molecule has 4 heteroatoms. The van der Waals surface area contributed by atoms with E-state index >= 15 is 0 Å². The lowest BCUT2D eigenvalue weighted by atomic mass is 10.0. The first-order valence-corrected chi connectivity index (χ1v) is 4.08. The molecule has 1 N–H and O–H groups in total. The molecule has 1 aliphatic heterocycles. The van der Waals surface area contributed by atoms with Crippen LogP contribution in [0.2, 0.25) is 0 Å². The van der Waals surface area contributed by atoms with E-state index in [-0.39, 0.29) is 11.7 Å². The summed E-state index contributed by atoms with van der Waals surface area (Å²) in [5.41, 5.74) is -0.872. The number of ether oxygens (including phenoxy) is 1. The third kappa shape index (κ3) is 1.53. The van der Waals surface area contributed by atoms with Gasteiger partial charge in [0.1, 0.15) is 0 Å². The summed E-state index contributed by atoms with van der Waals surface area (Å²) >= 11 is 0. The second kappa shape index (κ2) is 2.81. The molecular formula is C9H9NO3. The van der Waals surface area contributed by atoms with E-state index < -0.39 is 5.72 Å². The van der Waals surface area contributed by atoms with Crippen molar-refractivity contribution in [2.75, 3.05) is 6.61 Å². The Labute approximate surface area is 75.3 Å². The zero-order valence-corrected chi connectivity index (χ0v) is 6.95. The maximum atomic E-state index is 11.1. The molecular weight excluding hydrogens is 170 g/mol. The predicted molar refractivity (Wildman–Crippen MR) is 44.7 cm³/mol. The molecule has 2 rings (SSSR count). The molecule has 0 saturated carbocycles. The molecule has 1 amide bonds. The van der Waals surface area contributed by atoms with E-state index in [1.807, 2.05) is 0 Å². The van der Waals surface area contributed by atoms with E-state index in [0.29, 0.717) is 13.0 Å². The lowest BCUT2D eigenvalue weighted by molar-refractivity contribution is -0.136. The predicted octanol–water partition coefficient (Wildman–Crippen LogP) is -0.0857. The maximum absolute atomic E-state index is 11.1. The number of nitrogens with one attached hydrogen (secondary N) is 1. The third-order valence-corrected chi connectivity index (χ3v) is 2.00. The Morgan fingerprint density at radius 1 is 1.31 bits per heavy atom. The first kappa shape index (κ1) is 8.19.